The third-order valence-electron chi connectivity index (χ3n) is 3.79. The van der Waals surface area contributed by atoms with Crippen LogP contribution in [0.2, 0.25) is 0 Å². The third kappa shape index (κ3) is 4.90. The van der Waals surface area contributed by atoms with Crippen molar-refractivity contribution in [3.8, 4) is 0 Å². The number of carbonyl (C=O) groups is 2. The van der Waals surface area contributed by atoms with E-state index < -0.39 is 23.5 Å². The van der Waals surface area contributed by atoms with Gasteiger partial charge in [-0.2, -0.15) is 0 Å². The summed E-state index contributed by atoms with van der Waals surface area (Å²) < 4.78 is 10.5. The van der Waals surface area contributed by atoms with Crippen LogP contribution in [0.4, 0.5) is 0 Å². The Bertz CT molecular complexity index is 416. The average molecular weight is 330 g/mol. The maximum Gasteiger partial charge on any atom is 0.323 e. The zero-order chi connectivity index (χ0) is 16.6. The summed E-state index contributed by atoms with van der Waals surface area (Å²) in [6.45, 7) is 4.09. The summed E-state index contributed by atoms with van der Waals surface area (Å²) in [6, 6.07) is 0. The lowest BCUT2D eigenvalue weighted by Crippen LogP contribution is -2.37. The second kappa shape index (κ2) is 9.02. The molecule has 2 unspecified atom stereocenters. The first kappa shape index (κ1) is 18.8. The van der Waals surface area contributed by atoms with Crippen LogP contribution in [0.3, 0.4) is 0 Å². The van der Waals surface area contributed by atoms with E-state index in [-0.39, 0.29) is 11.8 Å². The first-order chi connectivity index (χ1) is 10.5. The van der Waals surface area contributed by atoms with Crippen molar-refractivity contribution in [2.24, 2.45) is 11.1 Å². The summed E-state index contributed by atoms with van der Waals surface area (Å²) in [6.07, 6.45) is 4.35. The number of unbranched alkanes of at least 4 members (excludes halogenated alkanes) is 3. The molecule has 7 heteroatoms. The fraction of sp³-hybridized carbons (Fsp3) is 0.800. The number of thioether (sulfide) groups is 1. The molecule has 1 rings (SSSR count). The van der Waals surface area contributed by atoms with Crippen molar-refractivity contribution in [3.05, 3.63) is 0 Å². The molecule has 0 aromatic rings. The second-order valence-corrected chi connectivity index (χ2v) is 6.58. The highest BCUT2D eigenvalue weighted by atomic mass is 32.2. The Labute approximate surface area is 136 Å². The van der Waals surface area contributed by atoms with E-state index in [1.54, 1.807) is 6.92 Å². The minimum absolute atomic E-state index is 0.0207. The Morgan fingerprint density at radius 3 is 2.77 bits per heavy atom. The largest absolute Gasteiger partial charge is 0.465 e. The highest BCUT2D eigenvalue weighted by Gasteiger charge is 2.55. The maximum absolute atomic E-state index is 12.3. The fourth-order valence-corrected chi connectivity index (χ4v) is 3.20. The molecule has 126 valence electrons. The number of amidine groups is 1. The van der Waals surface area contributed by atoms with Gasteiger partial charge in [0, 0.05) is 12.2 Å². The molecule has 1 aliphatic rings. The summed E-state index contributed by atoms with van der Waals surface area (Å²) in [7, 11) is 0. The molecule has 1 saturated heterocycles. The van der Waals surface area contributed by atoms with E-state index in [1.807, 2.05) is 0 Å². The number of nitrogens with one attached hydrogen (secondary N) is 1. The van der Waals surface area contributed by atoms with Crippen molar-refractivity contribution in [1.29, 1.82) is 5.41 Å². The van der Waals surface area contributed by atoms with Gasteiger partial charge in [0.1, 0.15) is 6.10 Å². The average Bonchev–Trinajstić information content (AvgIpc) is 2.79. The lowest BCUT2D eigenvalue weighted by atomic mass is 9.80. The standard InChI is InChI=1S/C15H26N2O4S/c1-3-5-6-7-8-15(12(18)20-4-2)9-11(21-13(15)19)10-22-14(16)17/h11H,3-10H2,1-2H3,(H3,16,17). The summed E-state index contributed by atoms with van der Waals surface area (Å²) in [5.41, 5.74) is 4.13. The molecule has 1 aliphatic heterocycles. The van der Waals surface area contributed by atoms with Gasteiger partial charge in [-0.1, -0.05) is 44.4 Å². The Balaban J connectivity index is 2.74. The fourth-order valence-electron chi connectivity index (χ4n) is 2.65. The lowest BCUT2D eigenvalue weighted by Gasteiger charge is -2.22. The van der Waals surface area contributed by atoms with Crippen LogP contribution in [0, 0.1) is 10.8 Å². The normalized spacial score (nSPS) is 24.1. The van der Waals surface area contributed by atoms with Gasteiger partial charge >= 0.3 is 11.9 Å². The molecule has 0 aromatic carbocycles. The van der Waals surface area contributed by atoms with E-state index in [0.29, 0.717) is 18.6 Å². The van der Waals surface area contributed by atoms with E-state index in [2.05, 4.69) is 6.92 Å². The van der Waals surface area contributed by atoms with Crippen molar-refractivity contribution in [2.45, 2.75) is 58.5 Å². The molecule has 1 heterocycles. The number of esters is 2. The number of nitrogens with two attached hydrogens (primary N) is 1. The number of rotatable bonds is 9. The van der Waals surface area contributed by atoms with Gasteiger partial charge in [-0.05, 0) is 13.3 Å². The van der Waals surface area contributed by atoms with Gasteiger partial charge < -0.3 is 15.2 Å². The van der Waals surface area contributed by atoms with Crippen LogP contribution in [-0.2, 0) is 19.1 Å². The van der Waals surface area contributed by atoms with Crippen LogP contribution < -0.4 is 5.73 Å². The quantitative estimate of drug-likeness (QED) is 0.221. The van der Waals surface area contributed by atoms with Gasteiger partial charge in [0.15, 0.2) is 10.6 Å². The Morgan fingerprint density at radius 1 is 1.45 bits per heavy atom. The zero-order valence-corrected chi connectivity index (χ0v) is 14.2. The van der Waals surface area contributed by atoms with E-state index in [9.17, 15) is 9.59 Å². The molecule has 22 heavy (non-hydrogen) atoms. The number of hydrogen-bond donors (Lipinski definition) is 2. The van der Waals surface area contributed by atoms with Crippen LogP contribution in [0.15, 0.2) is 0 Å². The monoisotopic (exact) mass is 330 g/mol. The van der Waals surface area contributed by atoms with E-state index in [1.165, 1.54) is 0 Å². The number of carbonyl (C=O) groups excluding carboxylic acids is 2. The SMILES string of the molecule is CCCCCCC1(C(=O)OCC)CC(CSC(=N)N)OC1=O. The second-order valence-electron chi connectivity index (χ2n) is 5.52. The molecular weight excluding hydrogens is 304 g/mol. The van der Waals surface area contributed by atoms with Crippen LogP contribution >= 0.6 is 11.8 Å². The van der Waals surface area contributed by atoms with Crippen molar-refractivity contribution in [3.63, 3.8) is 0 Å². The molecule has 0 amide bonds. The highest BCUT2D eigenvalue weighted by molar-refractivity contribution is 8.13. The van der Waals surface area contributed by atoms with Crippen molar-refractivity contribution in [2.75, 3.05) is 12.4 Å². The first-order valence-electron chi connectivity index (χ1n) is 7.81. The third-order valence-corrected chi connectivity index (χ3v) is 4.64. The van der Waals surface area contributed by atoms with Gasteiger partial charge in [0.2, 0.25) is 0 Å². The molecule has 0 spiro atoms. The van der Waals surface area contributed by atoms with E-state index in [4.69, 9.17) is 20.6 Å². The maximum atomic E-state index is 12.3. The Kier molecular flexibility index (Phi) is 7.72. The Hall–Kier alpha value is -1.24. The van der Waals surface area contributed by atoms with Gasteiger partial charge in [0.25, 0.3) is 0 Å². The van der Waals surface area contributed by atoms with E-state index >= 15 is 0 Å². The molecule has 0 aromatic heterocycles. The van der Waals surface area contributed by atoms with Gasteiger partial charge in [-0.25, -0.2) is 0 Å². The van der Waals surface area contributed by atoms with Gasteiger partial charge in [-0.3, -0.25) is 15.0 Å². The van der Waals surface area contributed by atoms with Crippen LogP contribution in [0.25, 0.3) is 0 Å². The summed E-state index contributed by atoms with van der Waals surface area (Å²) in [4.78, 5) is 24.6. The number of cyclic esters (lactones) is 1. The predicted molar refractivity (Wildman–Crippen MR) is 86.7 cm³/mol. The Morgan fingerprint density at radius 2 is 2.18 bits per heavy atom. The van der Waals surface area contributed by atoms with Crippen LogP contribution in [0.5, 0.6) is 0 Å². The number of ether oxygens (including phenoxy) is 2. The van der Waals surface area contributed by atoms with Crippen molar-refractivity contribution >= 4 is 28.9 Å². The predicted octanol–water partition coefficient (Wildman–Crippen LogP) is 2.45. The zero-order valence-electron chi connectivity index (χ0n) is 13.4. The van der Waals surface area contributed by atoms with Gasteiger partial charge in [0.05, 0.1) is 6.61 Å². The molecule has 2 atom stereocenters. The van der Waals surface area contributed by atoms with Crippen molar-refractivity contribution in [1.82, 2.24) is 0 Å². The molecule has 0 aliphatic carbocycles. The topological polar surface area (TPSA) is 102 Å². The molecule has 0 radical (unpaired) electrons. The molecule has 6 nitrogen and oxygen atoms in total. The minimum atomic E-state index is -1.17. The lowest BCUT2D eigenvalue weighted by molar-refractivity contribution is -0.165. The van der Waals surface area contributed by atoms with Crippen LogP contribution in [0.1, 0.15) is 52.4 Å². The molecule has 0 saturated carbocycles. The van der Waals surface area contributed by atoms with Crippen LogP contribution in [-0.4, -0.2) is 35.6 Å². The summed E-state index contributed by atoms with van der Waals surface area (Å²) >= 11 is 1.12. The molecule has 0 bridgehead atoms. The first-order valence-corrected chi connectivity index (χ1v) is 8.80. The highest BCUT2D eigenvalue weighted by Crippen LogP contribution is 2.41. The van der Waals surface area contributed by atoms with Crippen molar-refractivity contribution < 1.29 is 19.1 Å². The minimum Gasteiger partial charge on any atom is -0.465 e. The smallest absolute Gasteiger partial charge is 0.323 e. The summed E-state index contributed by atoms with van der Waals surface area (Å²) in [5, 5.41) is 7.20. The molecular formula is C15H26N2O4S. The number of hydrogen-bond acceptors (Lipinski definition) is 6. The summed E-state index contributed by atoms with van der Waals surface area (Å²) in [5.74, 6) is -0.569. The molecule has 3 N–H and O–H groups in total. The van der Waals surface area contributed by atoms with Gasteiger partial charge in [-0.15, -0.1) is 0 Å². The van der Waals surface area contributed by atoms with E-state index in [0.717, 1.165) is 37.4 Å². The molecule has 1 fully saturated rings.